The van der Waals surface area contributed by atoms with Gasteiger partial charge in [0.1, 0.15) is 5.82 Å². The normalized spacial score (nSPS) is 10.2. The first-order valence-electron chi connectivity index (χ1n) is 2.98. The fourth-order valence-electron chi connectivity index (χ4n) is 0.726. The summed E-state index contributed by atoms with van der Waals surface area (Å²) in [6.45, 7) is 0.312. The Labute approximate surface area is 77.5 Å². The molecule has 0 spiro atoms. The molecule has 0 aromatic heterocycles. The molecule has 0 heterocycles. The molecule has 0 aliphatic carbocycles. The Morgan fingerprint density at radius 3 is 2.64 bits per heavy atom. The number of hydrogen-bond acceptors (Lipinski definition) is 1. The van der Waals surface area contributed by atoms with Crippen LogP contribution in [-0.2, 0) is 6.54 Å². The molecule has 2 N–H and O–H groups in total. The van der Waals surface area contributed by atoms with E-state index in [4.69, 9.17) is 17.3 Å². The van der Waals surface area contributed by atoms with Gasteiger partial charge in [-0.15, -0.1) is 0 Å². The summed E-state index contributed by atoms with van der Waals surface area (Å²) in [6.07, 6.45) is 0. The van der Waals surface area contributed by atoms with Crippen molar-refractivity contribution in [3.05, 3.63) is 33.0 Å². The zero-order valence-corrected chi connectivity index (χ0v) is 7.91. The summed E-state index contributed by atoms with van der Waals surface area (Å²) in [5.41, 5.74) is 6.03. The second kappa shape index (κ2) is 3.52. The summed E-state index contributed by atoms with van der Waals surface area (Å²) in [7, 11) is 0. The van der Waals surface area contributed by atoms with Gasteiger partial charge >= 0.3 is 0 Å². The summed E-state index contributed by atoms with van der Waals surface area (Å²) in [5.74, 6) is -0.443. The molecular formula is C7H6BrClFN. The van der Waals surface area contributed by atoms with Crippen molar-refractivity contribution in [2.24, 2.45) is 5.73 Å². The zero-order chi connectivity index (χ0) is 8.43. The van der Waals surface area contributed by atoms with Crippen molar-refractivity contribution < 1.29 is 4.39 Å². The fraction of sp³-hybridized carbons (Fsp3) is 0.143. The van der Waals surface area contributed by atoms with E-state index in [0.717, 1.165) is 5.56 Å². The lowest BCUT2D eigenvalue weighted by Gasteiger charge is -2.00. The topological polar surface area (TPSA) is 26.0 Å². The van der Waals surface area contributed by atoms with Gasteiger partial charge < -0.3 is 5.73 Å². The molecule has 0 fully saturated rings. The van der Waals surface area contributed by atoms with E-state index >= 15 is 0 Å². The molecule has 1 rings (SSSR count). The Morgan fingerprint density at radius 2 is 2.18 bits per heavy atom. The van der Waals surface area contributed by atoms with E-state index in [-0.39, 0.29) is 5.02 Å². The molecule has 1 aromatic carbocycles. The number of nitrogens with two attached hydrogens (primary N) is 1. The molecule has 0 atom stereocenters. The van der Waals surface area contributed by atoms with Crippen LogP contribution in [0.2, 0.25) is 5.02 Å². The number of hydrogen-bond donors (Lipinski definition) is 1. The van der Waals surface area contributed by atoms with E-state index in [1.54, 1.807) is 6.07 Å². The van der Waals surface area contributed by atoms with Gasteiger partial charge in [0.2, 0.25) is 0 Å². The molecule has 0 unspecified atom stereocenters. The van der Waals surface area contributed by atoms with E-state index in [0.29, 0.717) is 11.0 Å². The molecule has 0 bridgehead atoms. The maximum absolute atomic E-state index is 12.8. The van der Waals surface area contributed by atoms with Gasteiger partial charge in [-0.2, -0.15) is 0 Å². The van der Waals surface area contributed by atoms with Crippen LogP contribution in [0.4, 0.5) is 4.39 Å². The van der Waals surface area contributed by atoms with E-state index in [1.165, 1.54) is 6.07 Å². The minimum atomic E-state index is -0.443. The van der Waals surface area contributed by atoms with Crippen molar-refractivity contribution >= 4 is 27.5 Å². The first kappa shape index (κ1) is 8.97. The Hall–Kier alpha value is -0.120. The molecule has 1 nitrogen and oxygen atoms in total. The number of benzene rings is 1. The number of rotatable bonds is 1. The van der Waals surface area contributed by atoms with Gasteiger partial charge in [-0.25, -0.2) is 4.39 Å². The molecule has 11 heavy (non-hydrogen) atoms. The van der Waals surface area contributed by atoms with Crippen molar-refractivity contribution in [2.75, 3.05) is 0 Å². The lowest BCUT2D eigenvalue weighted by molar-refractivity contribution is 0.625. The third-order valence-electron chi connectivity index (χ3n) is 1.28. The highest BCUT2D eigenvalue weighted by atomic mass is 79.9. The Kier molecular flexibility index (Phi) is 2.87. The van der Waals surface area contributed by atoms with Gasteiger partial charge in [0, 0.05) is 11.0 Å². The van der Waals surface area contributed by atoms with Crippen molar-refractivity contribution in [3.63, 3.8) is 0 Å². The zero-order valence-electron chi connectivity index (χ0n) is 5.57. The molecule has 60 valence electrons. The summed E-state index contributed by atoms with van der Waals surface area (Å²) >= 11 is 8.65. The standard InChI is InChI=1S/C7H6BrClFN/c8-5-1-4(3-11)2-6(10)7(5)9/h1-2H,3,11H2. The van der Waals surface area contributed by atoms with Gasteiger partial charge in [-0.05, 0) is 33.6 Å². The minimum absolute atomic E-state index is 0.0993. The van der Waals surface area contributed by atoms with E-state index in [1.807, 2.05) is 0 Å². The number of halogens is 3. The van der Waals surface area contributed by atoms with Gasteiger partial charge in [0.25, 0.3) is 0 Å². The first-order valence-corrected chi connectivity index (χ1v) is 4.15. The molecule has 0 saturated heterocycles. The smallest absolute Gasteiger partial charge is 0.143 e. The summed E-state index contributed by atoms with van der Waals surface area (Å²) < 4.78 is 13.4. The van der Waals surface area contributed by atoms with E-state index in [2.05, 4.69) is 15.9 Å². The average molecular weight is 238 g/mol. The van der Waals surface area contributed by atoms with E-state index < -0.39 is 5.82 Å². The molecule has 0 saturated carbocycles. The van der Waals surface area contributed by atoms with Gasteiger partial charge in [-0.3, -0.25) is 0 Å². The lowest BCUT2D eigenvalue weighted by atomic mass is 10.2. The van der Waals surface area contributed by atoms with Crippen LogP contribution in [0.3, 0.4) is 0 Å². The highest BCUT2D eigenvalue weighted by Crippen LogP contribution is 2.26. The van der Waals surface area contributed by atoms with Crippen LogP contribution in [-0.4, -0.2) is 0 Å². The predicted octanol–water partition coefficient (Wildman–Crippen LogP) is 2.70. The highest BCUT2D eigenvalue weighted by Gasteiger charge is 2.05. The molecule has 4 heteroatoms. The fourth-order valence-corrected chi connectivity index (χ4v) is 1.32. The van der Waals surface area contributed by atoms with Gasteiger partial charge in [-0.1, -0.05) is 11.6 Å². The van der Waals surface area contributed by atoms with Crippen molar-refractivity contribution in [1.82, 2.24) is 0 Å². The molecule has 0 radical (unpaired) electrons. The summed E-state index contributed by atoms with van der Waals surface area (Å²) in [5, 5.41) is 0.0993. The van der Waals surface area contributed by atoms with Crippen LogP contribution in [0.5, 0.6) is 0 Å². The molecule has 0 aliphatic rings. The van der Waals surface area contributed by atoms with E-state index in [9.17, 15) is 4.39 Å². The maximum atomic E-state index is 12.8. The van der Waals surface area contributed by atoms with Crippen LogP contribution >= 0.6 is 27.5 Å². The van der Waals surface area contributed by atoms with Crippen LogP contribution < -0.4 is 5.73 Å². The predicted molar refractivity (Wildman–Crippen MR) is 47.0 cm³/mol. The van der Waals surface area contributed by atoms with Crippen molar-refractivity contribution in [2.45, 2.75) is 6.54 Å². The van der Waals surface area contributed by atoms with Crippen molar-refractivity contribution in [3.8, 4) is 0 Å². The van der Waals surface area contributed by atoms with Crippen LogP contribution in [0.15, 0.2) is 16.6 Å². The summed E-state index contributed by atoms with van der Waals surface area (Å²) in [4.78, 5) is 0. The quantitative estimate of drug-likeness (QED) is 0.748. The third-order valence-corrected chi connectivity index (χ3v) is 2.52. The SMILES string of the molecule is NCc1cc(F)c(Cl)c(Br)c1. The maximum Gasteiger partial charge on any atom is 0.143 e. The third kappa shape index (κ3) is 1.92. The Bertz CT molecular complexity index is 254. The summed E-state index contributed by atoms with van der Waals surface area (Å²) in [6, 6.07) is 3.03. The van der Waals surface area contributed by atoms with Crippen LogP contribution in [0.1, 0.15) is 5.56 Å². The lowest BCUT2D eigenvalue weighted by Crippen LogP contribution is -1.97. The second-order valence-corrected chi connectivity index (χ2v) is 3.31. The monoisotopic (exact) mass is 237 g/mol. The van der Waals surface area contributed by atoms with Crippen LogP contribution in [0.25, 0.3) is 0 Å². The van der Waals surface area contributed by atoms with Gasteiger partial charge in [0.15, 0.2) is 0 Å². The highest BCUT2D eigenvalue weighted by molar-refractivity contribution is 9.10. The van der Waals surface area contributed by atoms with Crippen molar-refractivity contribution in [1.29, 1.82) is 0 Å². The molecule has 0 aliphatic heterocycles. The second-order valence-electron chi connectivity index (χ2n) is 2.08. The molecule has 1 aromatic rings. The average Bonchev–Trinajstić information content (AvgIpc) is 1.99. The van der Waals surface area contributed by atoms with Gasteiger partial charge in [0.05, 0.1) is 5.02 Å². The molecule has 0 amide bonds. The Morgan fingerprint density at radius 1 is 1.55 bits per heavy atom. The minimum Gasteiger partial charge on any atom is -0.326 e. The first-order chi connectivity index (χ1) is 5.15. The van der Waals surface area contributed by atoms with Crippen LogP contribution in [0, 0.1) is 5.82 Å². The largest absolute Gasteiger partial charge is 0.326 e. The molecular weight excluding hydrogens is 232 g/mol. The Balaban J connectivity index is 3.21.